The van der Waals surface area contributed by atoms with Crippen molar-refractivity contribution in [3.63, 3.8) is 0 Å². The summed E-state index contributed by atoms with van der Waals surface area (Å²) in [4.78, 5) is 34.0. The van der Waals surface area contributed by atoms with E-state index in [1.807, 2.05) is 53.1 Å². The molecule has 3 heterocycles. The lowest BCUT2D eigenvalue weighted by molar-refractivity contribution is -0.143. The first-order valence-electron chi connectivity index (χ1n) is 13.5. The molecule has 2 amide bonds. The van der Waals surface area contributed by atoms with Crippen LogP contribution in [0.3, 0.4) is 0 Å². The molecule has 1 saturated carbocycles. The maximum absolute atomic E-state index is 12.9. The molecule has 0 spiro atoms. The van der Waals surface area contributed by atoms with Crippen LogP contribution in [0.5, 0.6) is 0 Å². The molecule has 1 saturated heterocycles. The Bertz CT molecular complexity index is 1540. The largest absolute Gasteiger partial charge is 0.339 e. The molecule has 1 aliphatic heterocycles. The molecule has 2 aliphatic rings. The van der Waals surface area contributed by atoms with Gasteiger partial charge in [-0.3, -0.25) is 9.59 Å². The molecular weight excluding hydrogens is 532 g/mol. The molecule has 1 unspecified atom stereocenters. The summed E-state index contributed by atoms with van der Waals surface area (Å²) >= 11 is 7.76. The lowest BCUT2D eigenvalue weighted by Crippen LogP contribution is -2.55. The number of para-hydroxylation sites is 1. The summed E-state index contributed by atoms with van der Waals surface area (Å²) < 4.78 is 2.16. The van der Waals surface area contributed by atoms with Crippen molar-refractivity contribution in [3.8, 4) is 0 Å². The standard InChI is InChI=1S/C29H31ClN6O2S/c1-19-17-34(13-14-35(19)28(38)21-11-12-21)25(37)10-5-15-39-29-31-27-26(32-33-29)23-8-2-3-9-24(23)36(27)18-20-6-4-7-22(30)16-20/h2-4,6-9,16,19,21H,5,10-15,17-18H2,1H3. The topological polar surface area (TPSA) is 84.2 Å². The van der Waals surface area contributed by atoms with E-state index in [0.717, 1.165) is 52.6 Å². The van der Waals surface area contributed by atoms with Gasteiger partial charge in [-0.2, -0.15) is 0 Å². The van der Waals surface area contributed by atoms with Crippen LogP contribution in [0.25, 0.3) is 22.1 Å². The summed E-state index contributed by atoms with van der Waals surface area (Å²) in [5, 5.41) is 11.2. The van der Waals surface area contributed by atoms with Crippen molar-refractivity contribution in [1.82, 2.24) is 29.5 Å². The molecule has 2 fully saturated rings. The van der Waals surface area contributed by atoms with E-state index in [2.05, 4.69) is 26.9 Å². The quantitative estimate of drug-likeness (QED) is 0.221. The Hall–Kier alpha value is -3.17. The third-order valence-corrected chi connectivity index (χ3v) is 8.70. The lowest BCUT2D eigenvalue weighted by Gasteiger charge is -2.40. The van der Waals surface area contributed by atoms with Gasteiger partial charge in [0.1, 0.15) is 5.52 Å². The van der Waals surface area contributed by atoms with E-state index in [0.29, 0.717) is 42.8 Å². The molecule has 39 heavy (non-hydrogen) atoms. The highest BCUT2D eigenvalue weighted by Crippen LogP contribution is 2.32. The fourth-order valence-electron chi connectivity index (χ4n) is 5.35. The smallest absolute Gasteiger partial charge is 0.226 e. The number of benzene rings is 2. The first-order valence-corrected chi connectivity index (χ1v) is 14.9. The number of fused-ring (bicyclic) bond motifs is 3. The van der Waals surface area contributed by atoms with Gasteiger partial charge in [0.05, 0.1) is 5.52 Å². The average Bonchev–Trinajstić information content (AvgIpc) is 3.75. The zero-order chi connectivity index (χ0) is 26.9. The minimum Gasteiger partial charge on any atom is -0.339 e. The van der Waals surface area contributed by atoms with Crippen LogP contribution in [-0.4, -0.2) is 72.8 Å². The second-order valence-corrected chi connectivity index (χ2v) is 11.9. The Labute approximate surface area is 236 Å². The molecule has 1 atom stereocenters. The highest BCUT2D eigenvalue weighted by atomic mass is 35.5. The maximum atomic E-state index is 12.9. The molecule has 2 aromatic heterocycles. The summed E-state index contributed by atoms with van der Waals surface area (Å²) in [6.07, 6.45) is 3.23. The number of aromatic nitrogens is 4. The van der Waals surface area contributed by atoms with E-state index in [9.17, 15) is 9.59 Å². The number of hydrogen-bond donors (Lipinski definition) is 0. The third-order valence-electron chi connectivity index (χ3n) is 7.54. The van der Waals surface area contributed by atoms with Crippen LogP contribution >= 0.6 is 23.4 Å². The van der Waals surface area contributed by atoms with Gasteiger partial charge < -0.3 is 14.4 Å². The Morgan fingerprint density at radius 2 is 1.92 bits per heavy atom. The van der Waals surface area contributed by atoms with E-state index in [-0.39, 0.29) is 23.8 Å². The van der Waals surface area contributed by atoms with Gasteiger partial charge in [0, 0.05) is 60.7 Å². The van der Waals surface area contributed by atoms with Crippen molar-refractivity contribution in [2.75, 3.05) is 25.4 Å². The number of carbonyl (C=O) groups excluding carboxylic acids is 2. The summed E-state index contributed by atoms with van der Waals surface area (Å²) in [5.74, 6) is 1.37. The molecule has 202 valence electrons. The van der Waals surface area contributed by atoms with Gasteiger partial charge in [0.2, 0.25) is 17.0 Å². The van der Waals surface area contributed by atoms with E-state index in [1.54, 1.807) is 0 Å². The van der Waals surface area contributed by atoms with Crippen LogP contribution < -0.4 is 0 Å². The van der Waals surface area contributed by atoms with Gasteiger partial charge in [-0.1, -0.05) is 53.7 Å². The molecule has 4 aromatic rings. The molecule has 8 nitrogen and oxygen atoms in total. The molecule has 6 rings (SSSR count). The molecule has 0 radical (unpaired) electrons. The highest BCUT2D eigenvalue weighted by Gasteiger charge is 2.37. The average molecular weight is 563 g/mol. The van der Waals surface area contributed by atoms with Crippen molar-refractivity contribution >= 4 is 57.2 Å². The van der Waals surface area contributed by atoms with Crippen LogP contribution in [0.15, 0.2) is 53.7 Å². The fraction of sp³-hybridized carbons (Fsp3) is 0.414. The van der Waals surface area contributed by atoms with Gasteiger partial charge in [0.25, 0.3) is 0 Å². The number of hydrogen-bond acceptors (Lipinski definition) is 6. The normalized spacial score (nSPS) is 17.7. The van der Waals surface area contributed by atoms with E-state index >= 15 is 0 Å². The molecule has 0 bridgehead atoms. The zero-order valence-corrected chi connectivity index (χ0v) is 23.5. The maximum Gasteiger partial charge on any atom is 0.226 e. The van der Waals surface area contributed by atoms with Crippen LogP contribution in [0.2, 0.25) is 5.02 Å². The predicted molar refractivity (Wildman–Crippen MR) is 154 cm³/mol. The van der Waals surface area contributed by atoms with E-state index in [1.165, 1.54) is 11.8 Å². The highest BCUT2D eigenvalue weighted by molar-refractivity contribution is 7.99. The Kier molecular flexibility index (Phi) is 7.44. The van der Waals surface area contributed by atoms with Crippen molar-refractivity contribution in [3.05, 3.63) is 59.1 Å². The molecule has 2 aromatic carbocycles. The first kappa shape index (κ1) is 26.1. The lowest BCUT2D eigenvalue weighted by atomic mass is 10.1. The van der Waals surface area contributed by atoms with Crippen LogP contribution in [0.1, 0.15) is 38.2 Å². The van der Waals surface area contributed by atoms with Gasteiger partial charge in [0.15, 0.2) is 5.65 Å². The Balaban J connectivity index is 1.09. The number of rotatable bonds is 8. The number of amides is 2. The number of thioether (sulfide) groups is 1. The predicted octanol–water partition coefficient (Wildman–Crippen LogP) is 5.02. The SMILES string of the molecule is CC1CN(C(=O)CCCSc2nnc3c4ccccc4n(Cc4cccc(Cl)c4)c3n2)CCN1C(=O)C1CC1. The van der Waals surface area contributed by atoms with E-state index < -0.39 is 0 Å². The van der Waals surface area contributed by atoms with Gasteiger partial charge in [-0.05, 0) is 49.9 Å². The molecule has 10 heteroatoms. The zero-order valence-electron chi connectivity index (χ0n) is 21.9. The summed E-state index contributed by atoms with van der Waals surface area (Å²) in [7, 11) is 0. The Morgan fingerprint density at radius 3 is 2.72 bits per heavy atom. The van der Waals surface area contributed by atoms with Crippen molar-refractivity contribution in [1.29, 1.82) is 0 Å². The molecular formula is C29H31ClN6O2S. The monoisotopic (exact) mass is 562 g/mol. The van der Waals surface area contributed by atoms with Gasteiger partial charge in [-0.15, -0.1) is 10.2 Å². The number of halogens is 1. The van der Waals surface area contributed by atoms with Crippen molar-refractivity contribution < 1.29 is 9.59 Å². The summed E-state index contributed by atoms with van der Waals surface area (Å²) in [5.41, 5.74) is 3.71. The van der Waals surface area contributed by atoms with Crippen LogP contribution in [-0.2, 0) is 16.1 Å². The van der Waals surface area contributed by atoms with Crippen molar-refractivity contribution in [2.24, 2.45) is 5.92 Å². The molecule has 1 aliphatic carbocycles. The van der Waals surface area contributed by atoms with Crippen LogP contribution in [0, 0.1) is 5.92 Å². The van der Waals surface area contributed by atoms with Crippen molar-refractivity contribution in [2.45, 2.75) is 50.4 Å². The first-order chi connectivity index (χ1) is 19.0. The Morgan fingerprint density at radius 1 is 1.08 bits per heavy atom. The van der Waals surface area contributed by atoms with Gasteiger partial charge >= 0.3 is 0 Å². The number of carbonyl (C=O) groups is 2. The minimum absolute atomic E-state index is 0.0787. The number of nitrogens with zero attached hydrogens (tertiary/aromatic N) is 6. The third kappa shape index (κ3) is 5.61. The fourth-order valence-corrected chi connectivity index (χ4v) is 6.28. The second-order valence-electron chi connectivity index (χ2n) is 10.4. The molecule has 0 N–H and O–H groups in total. The second kappa shape index (κ2) is 11.1. The van der Waals surface area contributed by atoms with Gasteiger partial charge in [-0.25, -0.2) is 4.98 Å². The summed E-state index contributed by atoms with van der Waals surface area (Å²) in [6.45, 7) is 4.54. The van der Waals surface area contributed by atoms with Crippen LogP contribution in [0.4, 0.5) is 0 Å². The van der Waals surface area contributed by atoms with E-state index in [4.69, 9.17) is 16.6 Å². The summed E-state index contributed by atoms with van der Waals surface area (Å²) in [6, 6.07) is 16.1. The minimum atomic E-state index is 0.0787. The number of piperazine rings is 1.